The molecule has 0 bridgehead atoms. The lowest BCUT2D eigenvalue weighted by atomic mass is 10.1. The standard InChI is InChI=1S/C17H24N4O/c1-17(2,3)21-15-9-11-19-16(20-15)18-10-8-13-6-5-7-14(12-13)22-4/h5-7,9,11-12H,8,10H2,1-4H3,(H2,18,19,20,21). The van der Waals surface area contributed by atoms with Crippen LogP contribution in [0.3, 0.4) is 0 Å². The van der Waals surface area contributed by atoms with Gasteiger partial charge in [-0.3, -0.25) is 0 Å². The van der Waals surface area contributed by atoms with E-state index >= 15 is 0 Å². The van der Waals surface area contributed by atoms with Crippen LogP contribution in [0, 0.1) is 0 Å². The SMILES string of the molecule is COc1cccc(CCNc2nccc(NC(C)(C)C)n2)c1. The molecule has 2 N–H and O–H groups in total. The van der Waals surface area contributed by atoms with Gasteiger partial charge >= 0.3 is 0 Å². The summed E-state index contributed by atoms with van der Waals surface area (Å²) in [7, 11) is 1.68. The van der Waals surface area contributed by atoms with E-state index < -0.39 is 0 Å². The Labute approximate surface area is 132 Å². The summed E-state index contributed by atoms with van der Waals surface area (Å²) in [6.45, 7) is 7.08. The Morgan fingerprint density at radius 1 is 1.18 bits per heavy atom. The predicted octanol–water partition coefficient (Wildman–Crippen LogP) is 3.35. The molecule has 5 heteroatoms. The summed E-state index contributed by atoms with van der Waals surface area (Å²) in [5.74, 6) is 2.34. The summed E-state index contributed by atoms with van der Waals surface area (Å²) in [6.07, 6.45) is 2.65. The smallest absolute Gasteiger partial charge is 0.224 e. The van der Waals surface area contributed by atoms with Gasteiger partial charge in [0.2, 0.25) is 5.95 Å². The topological polar surface area (TPSA) is 59.1 Å². The van der Waals surface area contributed by atoms with Crippen molar-refractivity contribution in [2.24, 2.45) is 0 Å². The Morgan fingerprint density at radius 3 is 2.73 bits per heavy atom. The average Bonchev–Trinajstić information content (AvgIpc) is 2.46. The molecule has 2 aromatic rings. The Morgan fingerprint density at radius 2 is 2.00 bits per heavy atom. The highest BCUT2D eigenvalue weighted by Crippen LogP contribution is 2.14. The fraction of sp³-hybridized carbons (Fsp3) is 0.412. The predicted molar refractivity (Wildman–Crippen MR) is 90.6 cm³/mol. The number of nitrogens with one attached hydrogen (secondary N) is 2. The van der Waals surface area contributed by atoms with Crippen LogP contribution in [0.4, 0.5) is 11.8 Å². The highest BCUT2D eigenvalue weighted by atomic mass is 16.5. The lowest BCUT2D eigenvalue weighted by molar-refractivity contribution is 0.414. The van der Waals surface area contributed by atoms with Crippen LogP contribution in [-0.4, -0.2) is 29.2 Å². The maximum absolute atomic E-state index is 5.23. The highest BCUT2D eigenvalue weighted by Gasteiger charge is 2.10. The Hall–Kier alpha value is -2.30. The van der Waals surface area contributed by atoms with Gasteiger partial charge in [0.15, 0.2) is 0 Å². The quantitative estimate of drug-likeness (QED) is 0.856. The molecule has 0 saturated carbocycles. The number of methoxy groups -OCH3 is 1. The van der Waals surface area contributed by atoms with E-state index in [1.54, 1.807) is 13.3 Å². The van der Waals surface area contributed by atoms with Crippen LogP contribution in [0.15, 0.2) is 36.5 Å². The molecular weight excluding hydrogens is 276 g/mol. The van der Waals surface area contributed by atoms with Crippen molar-refractivity contribution < 1.29 is 4.74 Å². The third kappa shape index (κ3) is 5.24. The van der Waals surface area contributed by atoms with Crippen LogP contribution in [0.2, 0.25) is 0 Å². The van der Waals surface area contributed by atoms with Crippen molar-refractivity contribution in [1.82, 2.24) is 9.97 Å². The second-order valence-electron chi connectivity index (χ2n) is 6.17. The zero-order chi connectivity index (χ0) is 16.0. The molecule has 0 amide bonds. The summed E-state index contributed by atoms with van der Waals surface area (Å²) < 4.78 is 5.23. The summed E-state index contributed by atoms with van der Waals surface area (Å²) in [6, 6.07) is 9.95. The summed E-state index contributed by atoms with van der Waals surface area (Å²) in [5.41, 5.74) is 1.20. The number of hydrogen-bond acceptors (Lipinski definition) is 5. The van der Waals surface area contributed by atoms with E-state index in [1.165, 1.54) is 5.56 Å². The molecule has 0 aliphatic carbocycles. The van der Waals surface area contributed by atoms with E-state index in [0.29, 0.717) is 5.95 Å². The number of aromatic nitrogens is 2. The lowest BCUT2D eigenvalue weighted by Crippen LogP contribution is -2.26. The van der Waals surface area contributed by atoms with Gasteiger partial charge < -0.3 is 15.4 Å². The van der Waals surface area contributed by atoms with Gasteiger partial charge in [-0.25, -0.2) is 4.98 Å². The van der Waals surface area contributed by atoms with E-state index in [-0.39, 0.29) is 5.54 Å². The monoisotopic (exact) mass is 300 g/mol. The van der Waals surface area contributed by atoms with Gasteiger partial charge in [0.1, 0.15) is 11.6 Å². The van der Waals surface area contributed by atoms with Crippen molar-refractivity contribution in [3.63, 3.8) is 0 Å². The van der Waals surface area contributed by atoms with Crippen LogP contribution < -0.4 is 15.4 Å². The molecule has 5 nitrogen and oxygen atoms in total. The Bertz CT molecular complexity index is 608. The summed E-state index contributed by atoms with van der Waals surface area (Å²) >= 11 is 0. The van der Waals surface area contributed by atoms with E-state index in [4.69, 9.17) is 4.74 Å². The maximum Gasteiger partial charge on any atom is 0.224 e. The molecule has 2 rings (SSSR count). The van der Waals surface area contributed by atoms with Crippen molar-refractivity contribution in [1.29, 1.82) is 0 Å². The van der Waals surface area contributed by atoms with Crippen LogP contribution in [0.25, 0.3) is 0 Å². The molecule has 0 unspecified atom stereocenters. The zero-order valence-electron chi connectivity index (χ0n) is 13.7. The molecule has 0 atom stereocenters. The number of benzene rings is 1. The van der Waals surface area contributed by atoms with Gasteiger partial charge in [0, 0.05) is 18.3 Å². The molecule has 22 heavy (non-hydrogen) atoms. The molecule has 0 radical (unpaired) electrons. The minimum absolute atomic E-state index is 0.0216. The minimum Gasteiger partial charge on any atom is -0.497 e. The lowest BCUT2D eigenvalue weighted by Gasteiger charge is -2.21. The maximum atomic E-state index is 5.23. The van der Waals surface area contributed by atoms with E-state index in [2.05, 4.69) is 47.4 Å². The first-order valence-corrected chi connectivity index (χ1v) is 7.44. The number of rotatable bonds is 6. The van der Waals surface area contributed by atoms with Crippen molar-refractivity contribution in [2.45, 2.75) is 32.7 Å². The fourth-order valence-electron chi connectivity index (χ4n) is 2.04. The summed E-state index contributed by atoms with van der Waals surface area (Å²) in [4.78, 5) is 8.71. The second-order valence-corrected chi connectivity index (χ2v) is 6.17. The van der Waals surface area contributed by atoms with Gasteiger partial charge in [-0.15, -0.1) is 0 Å². The first-order valence-electron chi connectivity index (χ1n) is 7.44. The molecule has 1 heterocycles. The van der Waals surface area contributed by atoms with E-state index in [0.717, 1.165) is 24.5 Å². The summed E-state index contributed by atoms with van der Waals surface area (Å²) in [5, 5.41) is 6.59. The number of hydrogen-bond donors (Lipinski definition) is 2. The fourth-order valence-corrected chi connectivity index (χ4v) is 2.04. The minimum atomic E-state index is -0.0216. The van der Waals surface area contributed by atoms with Crippen LogP contribution in [0.5, 0.6) is 5.75 Å². The molecule has 1 aromatic carbocycles. The van der Waals surface area contributed by atoms with Crippen molar-refractivity contribution in [3.05, 3.63) is 42.1 Å². The van der Waals surface area contributed by atoms with Crippen molar-refractivity contribution >= 4 is 11.8 Å². The van der Waals surface area contributed by atoms with Crippen LogP contribution >= 0.6 is 0 Å². The number of ether oxygens (including phenoxy) is 1. The van der Waals surface area contributed by atoms with Crippen molar-refractivity contribution in [3.8, 4) is 5.75 Å². The molecule has 0 spiro atoms. The Balaban J connectivity index is 1.90. The van der Waals surface area contributed by atoms with Gasteiger partial charge in [-0.1, -0.05) is 12.1 Å². The number of anilines is 2. The third-order valence-electron chi connectivity index (χ3n) is 2.99. The van der Waals surface area contributed by atoms with E-state index in [1.807, 2.05) is 24.3 Å². The molecular formula is C17H24N4O. The van der Waals surface area contributed by atoms with Gasteiger partial charge in [-0.2, -0.15) is 4.98 Å². The first-order chi connectivity index (χ1) is 10.5. The molecule has 0 fully saturated rings. The van der Waals surface area contributed by atoms with Crippen LogP contribution in [-0.2, 0) is 6.42 Å². The molecule has 0 saturated heterocycles. The average molecular weight is 300 g/mol. The number of nitrogens with zero attached hydrogens (tertiary/aromatic N) is 2. The normalized spacial score (nSPS) is 11.1. The molecule has 118 valence electrons. The molecule has 0 aliphatic rings. The highest BCUT2D eigenvalue weighted by molar-refractivity contribution is 5.41. The van der Waals surface area contributed by atoms with Crippen LogP contribution in [0.1, 0.15) is 26.3 Å². The van der Waals surface area contributed by atoms with Gasteiger partial charge in [0.05, 0.1) is 7.11 Å². The first kappa shape index (κ1) is 16.1. The second kappa shape index (κ2) is 7.11. The van der Waals surface area contributed by atoms with E-state index in [9.17, 15) is 0 Å². The van der Waals surface area contributed by atoms with Gasteiger partial charge in [0.25, 0.3) is 0 Å². The van der Waals surface area contributed by atoms with Gasteiger partial charge in [-0.05, 0) is 51.0 Å². The molecule has 1 aromatic heterocycles. The third-order valence-corrected chi connectivity index (χ3v) is 2.99. The molecule has 0 aliphatic heterocycles. The zero-order valence-corrected chi connectivity index (χ0v) is 13.7. The Kier molecular flexibility index (Phi) is 5.20. The van der Waals surface area contributed by atoms with Crippen molar-refractivity contribution in [2.75, 3.05) is 24.3 Å². The largest absolute Gasteiger partial charge is 0.497 e.